The van der Waals surface area contributed by atoms with Crippen molar-refractivity contribution < 1.29 is 9.53 Å². The van der Waals surface area contributed by atoms with Crippen molar-refractivity contribution in [1.82, 2.24) is 19.5 Å². The molecule has 1 aliphatic rings. The molecule has 1 aliphatic heterocycles. The number of nitriles is 1. The van der Waals surface area contributed by atoms with Crippen LogP contribution in [0.3, 0.4) is 0 Å². The molecule has 0 saturated heterocycles. The highest BCUT2D eigenvalue weighted by molar-refractivity contribution is 6.04. The van der Waals surface area contributed by atoms with Crippen molar-refractivity contribution >= 4 is 28.8 Å². The SMILES string of the molecule is CCOC(=O)C1C(C)=Nc2nc3cncnc3n2C1c1ccc(C#N)cc1. The van der Waals surface area contributed by atoms with Gasteiger partial charge in [0.25, 0.3) is 0 Å². The molecular formula is C19H16N6O2. The molecule has 1 aromatic carbocycles. The maximum atomic E-state index is 12.8. The third kappa shape index (κ3) is 2.73. The van der Waals surface area contributed by atoms with Crippen molar-refractivity contribution in [2.75, 3.05) is 6.61 Å². The summed E-state index contributed by atoms with van der Waals surface area (Å²) in [6, 6.07) is 8.82. The number of carbonyl (C=O) groups is 1. The first kappa shape index (κ1) is 16.8. The highest BCUT2D eigenvalue weighted by Crippen LogP contribution is 2.39. The Morgan fingerprint density at radius 2 is 2.11 bits per heavy atom. The molecule has 0 N–H and O–H groups in total. The van der Waals surface area contributed by atoms with Gasteiger partial charge in [0.2, 0.25) is 5.95 Å². The molecular weight excluding hydrogens is 344 g/mol. The lowest BCUT2D eigenvalue weighted by Crippen LogP contribution is -2.36. The van der Waals surface area contributed by atoms with Gasteiger partial charge in [0.1, 0.15) is 17.8 Å². The molecule has 2 unspecified atom stereocenters. The summed E-state index contributed by atoms with van der Waals surface area (Å²) in [4.78, 5) is 30.1. The van der Waals surface area contributed by atoms with E-state index < -0.39 is 12.0 Å². The minimum absolute atomic E-state index is 0.280. The van der Waals surface area contributed by atoms with Crippen LogP contribution >= 0.6 is 0 Å². The Balaban J connectivity index is 1.95. The highest BCUT2D eigenvalue weighted by Gasteiger charge is 2.40. The van der Waals surface area contributed by atoms with E-state index in [-0.39, 0.29) is 12.6 Å². The fourth-order valence-corrected chi connectivity index (χ4v) is 3.40. The molecule has 0 saturated carbocycles. The van der Waals surface area contributed by atoms with Crippen molar-refractivity contribution in [2.24, 2.45) is 10.9 Å². The maximum absolute atomic E-state index is 12.8. The van der Waals surface area contributed by atoms with Gasteiger partial charge in [-0.25, -0.2) is 19.9 Å². The smallest absolute Gasteiger partial charge is 0.317 e. The number of hydrogen-bond donors (Lipinski definition) is 0. The summed E-state index contributed by atoms with van der Waals surface area (Å²) in [6.07, 6.45) is 3.06. The molecule has 3 aromatic rings. The number of esters is 1. The molecule has 0 radical (unpaired) electrons. The van der Waals surface area contributed by atoms with Crippen LogP contribution in [0.1, 0.15) is 31.0 Å². The van der Waals surface area contributed by atoms with Gasteiger partial charge in [-0.2, -0.15) is 5.26 Å². The number of nitrogens with zero attached hydrogens (tertiary/aromatic N) is 6. The number of carbonyl (C=O) groups excluding carboxylic acids is 1. The molecule has 0 bridgehead atoms. The predicted molar refractivity (Wildman–Crippen MR) is 97.5 cm³/mol. The van der Waals surface area contributed by atoms with E-state index in [1.807, 2.05) is 16.7 Å². The molecule has 0 fully saturated rings. The summed E-state index contributed by atoms with van der Waals surface area (Å²) >= 11 is 0. The summed E-state index contributed by atoms with van der Waals surface area (Å²) in [7, 11) is 0. The van der Waals surface area contributed by atoms with Crippen LogP contribution in [0.4, 0.5) is 5.95 Å². The van der Waals surface area contributed by atoms with Gasteiger partial charge in [-0.15, -0.1) is 0 Å². The summed E-state index contributed by atoms with van der Waals surface area (Å²) < 4.78 is 7.15. The number of fused-ring (bicyclic) bond motifs is 3. The van der Waals surface area contributed by atoms with Gasteiger partial charge in [-0.1, -0.05) is 12.1 Å². The van der Waals surface area contributed by atoms with Crippen LogP contribution in [0.5, 0.6) is 0 Å². The Morgan fingerprint density at radius 1 is 1.33 bits per heavy atom. The first-order valence-electron chi connectivity index (χ1n) is 8.54. The molecule has 27 heavy (non-hydrogen) atoms. The number of rotatable bonds is 3. The van der Waals surface area contributed by atoms with Gasteiger partial charge < -0.3 is 4.74 Å². The van der Waals surface area contributed by atoms with Gasteiger partial charge in [0.15, 0.2) is 5.65 Å². The zero-order valence-corrected chi connectivity index (χ0v) is 14.8. The average Bonchev–Trinajstić information content (AvgIpc) is 3.05. The molecule has 8 nitrogen and oxygen atoms in total. The van der Waals surface area contributed by atoms with Crippen molar-refractivity contribution in [1.29, 1.82) is 5.26 Å². The highest BCUT2D eigenvalue weighted by atomic mass is 16.5. The van der Waals surface area contributed by atoms with Crippen molar-refractivity contribution in [3.63, 3.8) is 0 Å². The second kappa shape index (κ2) is 6.61. The largest absolute Gasteiger partial charge is 0.465 e. The Bertz CT molecular complexity index is 1090. The topological polar surface area (TPSA) is 106 Å². The molecule has 3 heterocycles. The van der Waals surface area contributed by atoms with Gasteiger partial charge in [-0.3, -0.25) is 9.36 Å². The van der Waals surface area contributed by atoms with E-state index in [2.05, 4.69) is 26.0 Å². The van der Waals surface area contributed by atoms with Crippen LogP contribution in [0.25, 0.3) is 11.2 Å². The first-order valence-corrected chi connectivity index (χ1v) is 8.54. The normalized spacial score (nSPS) is 18.5. The standard InChI is InChI=1S/C19H16N6O2/c1-3-27-18(26)15-11(2)23-19-24-14-9-21-10-22-17(14)25(19)16(15)13-6-4-12(8-20)5-7-13/h4-7,9-10,15-16H,3H2,1-2H3. The Hall–Kier alpha value is -3.60. The monoisotopic (exact) mass is 360 g/mol. The molecule has 2 aromatic heterocycles. The molecule has 0 aliphatic carbocycles. The van der Waals surface area contributed by atoms with E-state index in [4.69, 9.17) is 10.00 Å². The molecule has 4 rings (SSSR count). The first-order chi connectivity index (χ1) is 13.1. The average molecular weight is 360 g/mol. The Morgan fingerprint density at radius 3 is 2.81 bits per heavy atom. The lowest BCUT2D eigenvalue weighted by atomic mass is 9.87. The Labute approximate surface area is 155 Å². The zero-order chi connectivity index (χ0) is 19.0. The molecule has 134 valence electrons. The maximum Gasteiger partial charge on any atom is 0.317 e. The summed E-state index contributed by atoms with van der Waals surface area (Å²) in [5.41, 5.74) is 3.22. The zero-order valence-electron chi connectivity index (χ0n) is 14.8. The van der Waals surface area contributed by atoms with Crippen LogP contribution in [0, 0.1) is 17.2 Å². The minimum atomic E-state index is -0.613. The number of aromatic nitrogens is 4. The molecule has 8 heteroatoms. The minimum Gasteiger partial charge on any atom is -0.465 e. The third-order valence-electron chi connectivity index (χ3n) is 4.58. The van der Waals surface area contributed by atoms with E-state index in [1.54, 1.807) is 32.2 Å². The van der Waals surface area contributed by atoms with Gasteiger partial charge in [0.05, 0.1) is 30.5 Å². The van der Waals surface area contributed by atoms with E-state index >= 15 is 0 Å². The predicted octanol–water partition coefficient (Wildman–Crippen LogP) is 2.57. The van der Waals surface area contributed by atoms with E-state index in [0.717, 1.165) is 5.56 Å². The molecule has 0 amide bonds. The van der Waals surface area contributed by atoms with Crippen LogP contribution in [-0.4, -0.2) is 37.8 Å². The summed E-state index contributed by atoms with van der Waals surface area (Å²) in [5, 5.41) is 9.08. The second-order valence-corrected chi connectivity index (χ2v) is 6.17. The van der Waals surface area contributed by atoms with Gasteiger partial charge in [-0.05, 0) is 31.5 Å². The number of benzene rings is 1. The quantitative estimate of drug-likeness (QED) is 0.665. The number of hydrogen-bond acceptors (Lipinski definition) is 7. The number of aliphatic imine (C=N–C) groups is 1. The van der Waals surface area contributed by atoms with Crippen LogP contribution in [0.2, 0.25) is 0 Å². The molecule has 2 atom stereocenters. The van der Waals surface area contributed by atoms with Crippen LogP contribution in [-0.2, 0) is 9.53 Å². The van der Waals surface area contributed by atoms with Crippen LogP contribution < -0.4 is 0 Å². The van der Waals surface area contributed by atoms with E-state index in [9.17, 15) is 4.79 Å². The van der Waals surface area contributed by atoms with E-state index in [1.165, 1.54) is 6.33 Å². The summed E-state index contributed by atoms with van der Waals surface area (Å²) in [5.74, 6) is -0.495. The second-order valence-electron chi connectivity index (χ2n) is 6.17. The summed E-state index contributed by atoms with van der Waals surface area (Å²) in [6.45, 7) is 3.85. The lowest BCUT2D eigenvalue weighted by Gasteiger charge is -2.31. The fraction of sp³-hybridized carbons (Fsp3) is 0.263. The van der Waals surface area contributed by atoms with Crippen LogP contribution in [0.15, 0.2) is 41.8 Å². The van der Waals surface area contributed by atoms with Crippen molar-refractivity contribution in [2.45, 2.75) is 19.9 Å². The lowest BCUT2D eigenvalue weighted by molar-refractivity contribution is -0.146. The van der Waals surface area contributed by atoms with Gasteiger partial charge >= 0.3 is 5.97 Å². The third-order valence-corrected chi connectivity index (χ3v) is 4.58. The Kier molecular flexibility index (Phi) is 4.12. The van der Waals surface area contributed by atoms with Crippen molar-refractivity contribution in [3.05, 3.63) is 47.9 Å². The number of imidazole rings is 1. The van der Waals surface area contributed by atoms with E-state index in [0.29, 0.717) is 28.4 Å². The number of ether oxygens (including phenoxy) is 1. The fourth-order valence-electron chi connectivity index (χ4n) is 3.40. The van der Waals surface area contributed by atoms with Crippen molar-refractivity contribution in [3.8, 4) is 6.07 Å². The van der Waals surface area contributed by atoms with Gasteiger partial charge in [0, 0.05) is 5.71 Å². The molecule has 0 spiro atoms.